The van der Waals surface area contributed by atoms with Crippen molar-refractivity contribution in [3.8, 4) is 78.4 Å². The van der Waals surface area contributed by atoms with Gasteiger partial charge in [0, 0.05) is 70.3 Å². The summed E-state index contributed by atoms with van der Waals surface area (Å²) in [5, 5.41) is 11.7. The highest BCUT2D eigenvalue weighted by Gasteiger charge is 2.52. The van der Waals surface area contributed by atoms with Gasteiger partial charge in [-0.05, 0) is 234 Å². The van der Waals surface area contributed by atoms with Crippen molar-refractivity contribution in [2.24, 2.45) is 0 Å². The second kappa shape index (κ2) is 29.7. The van der Waals surface area contributed by atoms with Gasteiger partial charge in [0.05, 0.1) is 75.4 Å². The van der Waals surface area contributed by atoms with E-state index in [9.17, 15) is 0 Å². The molecule has 0 amide bonds. The molecule has 550 valence electrons. The van der Waals surface area contributed by atoms with Gasteiger partial charge in [-0.25, -0.2) is 0 Å². The minimum atomic E-state index is -0.424. The fourth-order valence-corrected chi connectivity index (χ4v) is 17.9. The Kier molecular flexibility index (Phi) is 18.9. The molecule has 0 spiro atoms. The standard InChI is InChI=1S/C48H30Cl2N2.C30H27BClNO2.C24H15BrClN/c49-41-16-8-18-45-47(41)39-29-35(22-26-43(39)51(45)37-24-20-33(21-25-37)31-10-3-1-4-11-31)36-23-27-44-40(30-36)48-42(50)17-9-19-46(48)52(44)38-15-7-14-34(28-38)32-12-5-2-6-13-32;1-29(2)30(3,4)35-31(34-29)22-16-17-26-24(19-22)28-25(32)14-9-15-27(28)33(26)23-13-8-12-21(18-23)20-10-6-5-7-11-20;25-18-11-14-22-20(15-18)24-21(26)7-4-8-23(24)27(22)19-12-9-17(10-13-19)16-5-2-1-3-6-16/h1-30H;5-19H,1-4H3;1-15H. The maximum atomic E-state index is 7.00. The molecule has 6 nitrogen and oxygen atoms in total. The lowest BCUT2D eigenvalue weighted by atomic mass is 9.78. The van der Waals surface area contributed by atoms with Gasteiger partial charge in [-0.15, -0.1) is 0 Å². The number of rotatable bonds is 10. The third kappa shape index (κ3) is 13.1. The number of aromatic nitrogens is 4. The molecule has 0 bridgehead atoms. The summed E-state index contributed by atoms with van der Waals surface area (Å²) in [7, 11) is -0.424. The van der Waals surface area contributed by atoms with Gasteiger partial charge in [-0.3, -0.25) is 0 Å². The van der Waals surface area contributed by atoms with E-state index in [0.717, 1.165) is 151 Å². The van der Waals surface area contributed by atoms with Crippen molar-refractivity contribution in [2.45, 2.75) is 38.9 Å². The van der Waals surface area contributed by atoms with Crippen LogP contribution in [-0.2, 0) is 9.31 Å². The molecule has 0 saturated carbocycles. The molecule has 21 rings (SSSR count). The minimum Gasteiger partial charge on any atom is -0.399 e. The summed E-state index contributed by atoms with van der Waals surface area (Å²) < 4.78 is 22.9. The lowest BCUT2D eigenvalue weighted by Gasteiger charge is -2.32. The largest absolute Gasteiger partial charge is 0.494 e. The van der Waals surface area contributed by atoms with E-state index in [1.165, 1.54) is 44.5 Å². The van der Waals surface area contributed by atoms with E-state index in [4.69, 9.17) is 55.7 Å². The molecule has 114 heavy (non-hydrogen) atoms. The second-order valence-electron chi connectivity index (χ2n) is 30.0. The number of nitrogens with zero attached hydrogens (tertiary/aromatic N) is 4. The number of fused-ring (bicyclic) bond motifs is 12. The number of benzene rings is 16. The number of hydrogen-bond donors (Lipinski definition) is 0. The molecule has 0 aliphatic carbocycles. The summed E-state index contributed by atoms with van der Waals surface area (Å²) in [5.41, 5.74) is 25.2. The Balaban J connectivity index is 0.000000122. The first-order valence-corrected chi connectivity index (χ1v) is 40.5. The minimum absolute atomic E-state index is 0.393. The zero-order valence-corrected chi connectivity index (χ0v) is 67.3. The van der Waals surface area contributed by atoms with E-state index in [-0.39, 0.29) is 0 Å². The highest BCUT2D eigenvalue weighted by Crippen LogP contribution is 2.45. The average molecular weight is 1620 g/mol. The molecule has 4 aromatic heterocycles. The van der Waals surface area contributed by atoms with Crippen LogP contribution in [0.5, 0.6) is 0 Å². The second-order valence-corrected chi connectivity index (χ2v) is 32.6. The van der Waals surface area contributed by atoms with Crippen LogP contribution in [0.25, 0.3) is 166 Å². The van der Waals surface area contributed by atoms with E-state index in [1.807, 2.05) is 66.7 Å². The highest BCUT2D eigenvalue weighted by atomic mass is 79.9. The Labute approximate surface area is 690 Å². The lowest BCUT2D eigenvalue weighted by molar-refractivity contribution is 0.00578. The highest BCUT2D eigenvalue weighted by molar-refractivity contribution is 9.10. The Bertz CT molecular complexity index is 7080. The van der Waals surface area contributed by atoms with E-state index < -0.39 is 18.3 Å². The van der Waals surface area contributed by atoms with Crippen molar-refractivity contribution >= 4 is 162 Å². The van der Waals surface area contributed by atoms with Crippen LogP contribution in [0.4, 0.5) is 0 Å². The van der Waals surface area contributed by atoms with Crippen LogP contribution in [0.1, 0.15) is 27.7 Å². The third-order valence-corrected chi connectivity index (χ3v) is 24.4. The third-order valence-electron chi connectivity index (χ3n) is 22.7. The normalized spacial score (nSPS) is 13.2. The van der Waals surface area contributed by atoms with E-state index in [0.29, 0.717) is 0 Å². The Morgan fingerprint density at radius 3 is 0.877 bits per heavy atom. The topological polar surface area (TPSA) is 38.2 Å². The summed E-state index contributed by atoms with van der Waals surface area (Å²) in [6.45, 7) is 8.31. The van der Waals surface area contributed by atoms with Crippen LogP contribution in [0, 0.1) is 0 Å². The molecule has 1 aliphatic heterocycles. The Hall–Kier alpha value is -11.7. The molecule has 12 heteroatoms. The fourth-order valence-electron chi connectivity index (χ4n) is 16.5. The van der Waals surface area contributed by atoms with Crippen LogP contribution in [0.15, 0.2) is 368 Å². The molecule has 16 aromatic carbocycles. The van der Waals surface area contributed by atoms with Crippen LogP contribution < -0.4 is 5.46 Å². The quantitative estimate of drug-likeness (QED) is 0.128. The smallest absolute Gasteiger partial charge is 0.399 e. The van der Waals surface area contributed by atoms with Crippen LogP contribution in [-0.4, -0.2) is 36.6 Å². The van der Waals surface area contributed by atoms with Crippen LogP contribution >= 0.6 is 62.3 Å². The maximum Gasteiger partial charge on any atom is 0.494 e. The molecule has 20 aromatic rings. The van der Waals surface area contributed by atoms with E-state index in [2.05, 4.69) is 359 Å². The van der Waals surface area contributed by atoms with Crippen molar-refractivity contribution in [2.75, 3.05) is 0 Å². The first-order chi connectivity index (χ1) is 55.6. The zero-order chi connectivity index (χ0) is 77.5. The van der Waals surface area contributed by atoms with E-state index in [1.54, 1.807) is 0 Å². The van der Waals surface area contributed by atoms with Gasteiger partial charge in [0.2, 0.25) is 0 Å². The van der Waals surface area contributed by atoms with Crippen molar-refractivity contribution in [3.63, 3.8) is 0 Å². The van der Waals surface area contributed by atoms with Gasteiger partial charge < -0.3 is 27.6 Å². The molecule has 0 N–H and O–H groups in total. The maximum absolute atomic E-state index is 7.00. The van der Waals surface area contributed by atoms with Crippen LogP contribution in [0.2, 0.25) is 20.1 Å². The van der Waals surface area contributed by atoms with E-state index >= 15 is 0 Å². The summed E-state index contributed by atoms with van der Waals surface area (Å²) in [4.78, 5) is 0. The summed E-state index contributed by atoms with van der Waals surface area (Å²) in [5.74, 6) is 0. The average Bonchev–Trinajstić information content (AvgIpc) is 1.59. The van der Waals surface area contributed by atoms with Crippen molar-refractivity contribution in [1.29, 1.82) is 0 Å². The SMILES string of the molecule is CC1(C)OB(c2ccc3c(c2)c2c(Cl)cccc2n3-c2cccc(-c3ccccc3)c2)OC1(C)C.Clc1cccc2c1c1cc(-c3ccc4c(c3)c3c(Cl)cccc3n4-c3cccc(-c4ccccc4)c3)ccc1n2-c1ccc(-c2ccccc2)cc1.Clc1cccc2c1c1cc(Br)ccc1n2-c1ccc(-c2ccccc2)cc1. The van der Waals surface area contributed by atoms with Gasteiger partial charge in [0.1, 0.15) is 0 Å². The Morgan fingerprint density at radius 2 is 0.509 bits per heavy atom. The molecule has 0 unspecified atom stereocenters. The molecule has 5 heterocycles. The zero-order valence-electron chi connectivity index (χ0n) is 62.7. The first-order valence-electron chi connectivity index (χ1n) is 38.2. The molecule has 0 radical (unpaired) electrons. The van der Waals surface area contributed by atoms with Gasteiger partial charge in [0.25, 0.3) is 0 Å². The Morgan fingerprint density at radius 1 is 0.237 bits per heavy atom. The molecular weight excluding hydrogens is 1550 g/mol. The molecule has 0 atom stereocenters. The van der Waals surface area contributed by atoms with Crippen LogP contribution in [0.3, 0.4) is 0 Å². The number of halogens is 5. The fraction of sp³-hybridized carbons (Fsp3) is 0.0588. The summed E-state index contributed by atoms with van der Waals surface area (Å²) in [6.07, 6.45) is 0. The number of hydrogen-bond acceptors (Lipinski definition) is 2. The predicted octanol–water partition coefficient (Wildman–Crippen LogP) is 29.5. The van der Waals surface area contributed by atoms with Crippen molar-refractivity contribution in [1.82, 2.24) is 18.3 Å². The van der Waals surface area contributed by atoms with Crippen molar-refractivity contribution in [3.05, 3.63) is 389 Å². The molecular formula is C102H72BBrCl4N4O2. The molecule has 1 saturated heterocycles. The van der Waals surface area contributed by atoms with Gasteiger partial charge >= 0.3 is 7.12 Å². The van der Waals surface area contributed by atoms with Gasteiger partial charge in [-0.1, -0.05) is 281 Å². The summed E-state index contributed by atoms with van der Waals surface area (Å²) in [6, 6.07) is 127. The van der Waals surface area contributed by atoms with Crippen molar-refractivity contribution < 1.29 is 9.31 Å². The predicted molar refractivity (Wildman–Crippen MR) is 487 cm³/mol. The lowest BCUT2D eigenvalue weighted by Crippen LogP contribution is -2.41. The molecule has 1 fully saturated rings. The first kappa shape index (κ1) is 72.6. The summed E-state index contributed by atoms with van der Waals surface area (Å²) >= 11 is 30.9. The monoisotopic (exact) mass is 1610 g/mol. The molecule has 1 aliphatic rings. The van der Waals surface area contributed by atoms with Gasteiger partial charge in [0.15, 0.2) is 0 Å². The van der Waals surface area contributed by atoms with Gasteiger partial charge in [-0.2, -0.15) is 0 Å².